The van der Waals surface area contributed by atoms with E-state index in [0.29, 0.717) is 6.54 Å². The minimum atomic E-state index is 0.175. The number of hydrogen-bond acceptors (Lipinski definition) is 2. The molecule has 1 aromatic carbocycles. The molecule has 0 unspecified atom stereocenters. The molecule has 2 rings (SSSR count). The molecule has 0 radical (unpaired) electrons. The van der Waals surface area contributed by atoms with Gasteiger partial charge in [0, 0.05) is 5.39 Å². The van der Waals surface area contributed by atoms with E-state index in [-0.39, 0.29) is 5.41 Å². The third-order valence-corrected chi connectivity index (χ3v) is 2.63. The van der Waals surface area contributed by atoms with Crippen LogP contribution in [-0.2, 0) is 12.0 Å². The summed E-state index contributed by atoms with van der Waals surface area (Å²) in [5.41, 5.74) is 7.96. The Morgan fingerprint density at radius 3 is 2.53 bits per heavy atom. The summed E-state index contributed by atoms with van der Waals surface area (Å²) in [4.78, 5) is 0. The molecule has 0 fully saturated rings. The van der Waals surface area contributed by atoms with Gasteiger partial charge < -0.3 is 10.2 Å². The Morgan fingerprint density at radius 2 is 1.93 bits per heavy atom. The molecular weight excluding hydrogens is 186 g/mol. The average Bonchev–Trinajstić information content (AvgIpc) is 2.57. The van der Waals surface area contributed by atoms with Gasteiger partial charge >= 0.3 is 0 Å². The fourth-order valence-corrected chi connectivity index (χ4v) is 1.67. The lowest BCUT2D eigenvalue weighted by molar-refractivity contribution is 0.551. The number of hydrogen-bond donors (Lipinski definition) is 1. The lowest BCUT2D eigenvalue weighted by Gasteiger charge is -2.18. The van der Waals surface area contributed by atoms with E-state index in [1.165, 1.54) is 5.56 Å². The van der Waals surface area contributed by atoms with E-state index in [1.54, 1.807) is 0 Å². The van der Waals surface area contributed by atoms with Crippen LogP contribution in [0.5, 0.6) is 0 Å². The average molecular weight is 203 g/mol. The smallest absolute Gasteiger partial charge is 0.134 e. The number of nitrogens with two attached hydrogens (primary N) is 1. The van der Waals surface area contributed by atoms with Gasteiger partial charge in [0.2, 0.25) is 0 Å². The summed E-state index contributed by atoms with van der Waals surface area (Å²) < 4.78 is 5.56. The van der Waals surface area contributed by atoms with Crippen molar-refractivity contribution in [3.8, 4) is 0 Å². The van der Waals surface area contributed by atoms with Crippen LogP contribution in [0.15, 0.2) is 28.7 Å². The molecule has 80 valence electrons. The Balaban J connectivity index is 2.55. The third kappa shape index (κ3) is 1.90. The van der Waals surface area contributed by atoms with Crippen LogP contribution in [-0.4, -0.2) is 0 Å². The summed E-state index contributed by atoms with van der Waals surface area (Å²) in [6, 6.07) is 8.34. The largest absolute Gasteiger partial charge is 0.460 e. The zero-order valence-corrected chi connectivity index (χ0v) is 9.50. The first kappa shape index (κ1) is 10.2. The molecule has 0 saturated heterocycles. The van der Waals surface area contributed by atoms with Crippen LogP contribution in [0.4, 0.5) is 0 Å². The summed E-state index contributed by atoms with van der Waals surface area (Å²) in [6.07, 6.45) is 0. The number of rotatable bonds is 1. The Labute approximate surface area is 90.1 Å². The van der Waals surface area contributed by atoms with Gasteiger partial charge in [-0.25, -0.2) is 0 Å². The minimum absolute atomic E-state index is 0.175. The van der Waals surface area contributed by atoms with Crippen LogP contribution in [0.3, 0.4) is 0 Å². The second kappa shape index (κ2) is 3.38. The molecule has 0 aliphatic rings. The summed E-state index contributed by atoms with van der Waals surface area (Å²) >= 11 is 0. The van der Waals surface area contributed by atoms with Gasteiger partial charge in [-0.3, -0.25) is 0 Å². The molecule has 0 saturated carbocycles. The minimum Gasteiger partial charge on any atom is -0.460 e. The zero-order valence-electron chi connectivity index (χ0n) is 9.50. The highest BCUT2D eigenvalue weighted by Gasteiger charge is 2.14. The standard InChI is InChI=1S/C13H17NO/c1-13(2,3)10-4-5-12-9(6-10)7-11(8-14)15-12/h4-7H,8,14H2,1-3H3. The fraction of sp³-hybridized carbons (Fsp3) is 0.385. The van der Waals surface area contributed by atoms with Crippen LogP contribution >= 0.6 is 0 Å². The van der Waals surface area contributed by atoms with Crippen LogP contribution in [0, 0.1) is 0 Å². The van der Waals surface area contributed by atoms with E-state index in [2.05, 4.69) is 32.9 Å². The van der Waals surface area contributed by atoms with Gasteiger partial charge in [-0.05, 0) is 29.2 Å². The lowest BCUT2D eigenvalue weighted by Crippen LogP contribution is -2.10. The van der Waals surface area contributed by atoms with Gasteiger partial charge in [0.1, 0.15) is 11.3 Å². The molecular formula is C13H17NO. The molecule has 1 aromatic heterocycles. The molecule has 0 amide bonds. The maximum absolute atomic E-state index is 5.56. The second-order valence-electron chi connectivity index (χ2n) is 4.92. The van der Waals surface area contributed by atoms with Crippen LogP contribution in [0.2, 0.25) is 0 Å². The second-order valence-corrected chi connectivity index (χ2v) is 4.92. The van der Waals surface area contributed by atoms with Gasteiger partial charge in [0.25, 0.3) is 0 Å². The van der Waals surface area contributed by atoms with E-state index >= 15 is 0 Å². The molecule has 15 heavy (non-hydrogen) atoms. The Bertz CT molecular complexity index is 477. The van der Waals surface area contributed by atoms with Crippen molar-refractivity contribution in [2.45, 2.75) is 32.7 Å². The van der Waals surface area contributed by atoms with E-state index in [1.807, 2.05) is 12.1 Å². The number of fused-ring (bicyclic) bond motifs is 1. The predicted octanol–water partition coefficient (Wildman–Crippen LogP) is 3.19. The first-order chi connectivity index (χ1) is 7.00. The molecule has 0 atom stereocenters. The molecule has 2 N–H and O–H groups in total. The molecule has 0 bridgehead atoms. The highest BCUT2D eigenvalue weighted by atomic mass is 16.3. The first-order valence-corrected chi connectivity index (χ1v) is 5.24. The van der Waals surface area contributed by atoms with Crippen molar-refractivity contribution in [2.75, 3.05) is 0 Å². The molecule has 2 nitrogen and oxygen atoms in total. The van der Waals surface area contributed by atoms with Crippen molar-refractivity contribution >= 4 is 11.0 Å². The van der Waals surface area contributed by atoms with Crippen molar-refractivity contribution < 1.29 is 4.42 Å². The topological polar surface area (TPSA) is 39.2 Å². The van der Waals surface area contributed by atoms with Crippen molar-refractivity contribution in [3.05, 3.63) is 35.6 Å². The number of furan rings is 1. The Kier molecular flexibility index (Phi) is 2.31. The summed E-state index contributed by atoms with van der Waals surface area (Å²) in [7, 11) is 0. The normalized spacial score (nSPS) is 12.3. The molecule has 0 aliphatic heterocycles. The van der Waals surface area contributed by atoms with Crippen LogP contribution < -0.4 is 5.73 Å². The van der Waals surface area contributed by atoms with Crippen molar-refractivity contribution in [1.82, 2.24) is 0 Å². The van der Waals surface area contributed by atoms with Gasteiger partial charge in [0.15, 0.2) is 0 Å². The van der Waals surface area contributed by atoms with Gasteiger partial charge in [-0.1, -0.05) is 26.8 Å². The van der Waals surface area contributed by atoms with E-state index in [4.69, 9.17) is 10.2 Å². The maximum Gasteiger partial charge on any atom is 0.134 e. The highest BCUT2D eigenvalue weighted by Crippen LogP contribution is 2.27. The Morgan fingerprint density at radius 1 is 1.20 bits per heavy atom. The summed E-state index contributed by atoms with van der Waals surface area (Å²) in [6.45, 7) is 7.08. The van der Waals surface area contributed by atoms with Gasteiger partial charge in [-0.2, -0.15) is 0 Å². The van der Waals surface area contributed by atoms with Crippen molar-refractivity contribution in [3.63, 3.8) is 0 Å². The first-order valence-electron chi connectivity index (χ1n) is 5.24. The fourth-order valence-electron chi connectivity index (χ4n) is 1.67. The SMILES string of the molecule is CC(C)(C)c1ccc2oc(CN)cc2c1. The zero-order chi connectivity index (χ0) is 11.1. The lowest BCUT2D eigenvalue weighted by atomic mass is 9.86. The van der Waals surface area contributed by atoms with Crippen LogP contribution in [0.1, 0.15) is 32.1 Å². The molecule has 1 heterocycles. The number of benzene rings is 1. The quantitative estimate of drug-likeness (QED) is 0.773. The summed E-state index contributed by atoms with van der Waals surface area (Å²) in [5.74, 6) is 0.844. The summed E-state index contributed by atoms with van der Waals surface area (Å²) in [5, 5.41) is 1.14. The molecule has 0 spiro atoms. The molecule has 0 aliphatic carbocycles. The third-order valence-electron chi connectivity index (χ3n) is 2.63. The molecule has 2 aromatic rings. The highest BCUT2D eigenvalue weighted by molar-refractivity contribution is 5.79. The van der Waals surface area contributed by atoms with E-state index < -0.39 is 0 Å². The van der Waals surface area contributed by atoms with E-state index in [0.717, 1.165) is 16.7 Å². The van der Waals surface area contributed by atoms with Gasteiger partial charge in [-0.15, -0.1) is 0 Å². The van der Waals surface area contributed by atoms with E-state index in [9.17, 15) is 0 Å². The monoisotopic (exact) mass is 203 g/mol. The van der Waals surface area contributed by atoms with Crippen molar-refractivity contribution in [2.24, 2.45) is 5.73 Å². The Hall–Kier alpha value is -1.28. The van der Waals surface area contributed by atoms with Crippen LogP contribution in [0.25, 0.3) is 11.0 Å². The maximum atomic E-state index is 5.56. The molecule has 2 heteroatoms. The predicted molar refractivity (Wildman–Crippen MR) is 62.8 cm³/mol. The van der Waals surface area contributed by atoms with Gasteiger partial charge in [0.05, 0.1) is 6.54 Å². The van der Waals surface area contributed by atoms with Crippen molar-refractivity contribution in [1.29, 1.82) is 0 Å².